The van der Waals surface area contributed by atoms with E-state index in [1.165, 1.54) is 10.4 Å². The van der Waals surface area contributed by atoms with Gasteiger partial charge in [0.2, 0.25) is 10.0 Å². The number of hydrogen-bond donors (Lipinski definition) is 1. The largest absolute Gasteiger partial charge is 0.326 e. The Morgan fingerprint density at radius 1 is 1.43 bits per heavy atom. The quantitative estimate of drug-likeness (QED) is 0.921. The standard InChI is InChI=1S/C15H21N3O2S/c1-11-6-5-8-15(13(11)10-16)21(19,20)18-9-4-3-7-14(18)12(2)17/h5-6,8,12,14H,3-4,7,9,17H2,1-2H3/t12-,14+/m0/s1. The van der Waals surface area contributed by atoms with Crippen molar-refractivity contribution in [3.8, 4) is 6.07 Å². The van der Waals surface area contributed by atoms with Crippen molar-refractivity contribution in [3.63, 3.8) is 0 Å². The average molecular weight is 307 g/mol. The van der Waals surface area contributed by atoms with Crippen LogP contribution in [-0.4, -0.2) is 31.4 Å². The molecule has 5 nitrogen and oxygen atoms in total. The fraction of sp³-hybridized carbons (Fsp3) is 0.533. The molecule has 0 aliphatic carbocycles. The highest BCUT2D eigenvalue weighted by atomic mass is 32.2. The van der Waals surface area contributed by atoms with Crippen LogP contribution in [0.3, 0.4) is 0 Å². The number of nitrogens with two attached hydrogens (primary N) is 1. The lowest BCUT2D eigenvalue weighted by atomic mass is 10.00. The van der Waals surface area contributed by atoms with Crippen molar-refractivity contribution < 1.29 is 8.42 Å². The van der Waals surface area contributed by atoms with E-state index in [0.29, 0.717) is 12.1 Å². The van der Waals surface area contributed by atoms with Crippen molar-refractivity contribution >= 4 is 10.0 Å². The van der Waals surface area contributed by atoms with Gasteiger partial charge in [-0.2, -0.15) is 9.57 Å². The predicted molar refractivity (Wildman–Crippen MR) is 81.1 cm³/mol. The number of nitriles is 1. The van der Waals surface area contributed by atoms with E-state index >= 15 is 0 Å². The molecule has 2 atom stereocenters. The van der Waals surface area contributed by atoms with Crippen LogP contribution in [0.15, 0.2) is 23.1 Å². The zero-order valence-electron chi connectivity index (χ0n) is 12.4. The number of sulfonamides is 1. The molecule has 6 heteroatoms. The molecule has 1 aliphatic heterocycles. The maximum atomic E-state index is 13.0. The summed E-state index contributed by atoms with van der Waals surface area (Å²) in [5.74, 6) is 0. The average Bonchev–Trinajstić information content (AvgIpc) is 2.46. The number of benzene rings is 1. The second-order valence-electron chi connectivity index (χ2n) is 5.60. The van der Waals surface area contributed by atoms with Gasteiger partial charge in [0, 0.05) is 18.6 Å². The van der Waals surface area contributed by atoms with Crippen molar-refractivity contribution in [1.82, 2.24) is 4.31 Å². The highest BCUT2D eigenvalue weighted by Gasteiger charge is 2.36. The van der Waals surface area contributed by atoms with E-state index in [1.54, 1.807) is 19.1 Å². The smallest absolute Gasteiger partial charge is 0.244 e. The third kappa shape index (κ3) is 2.95. The lowest BCUT2D eigenvalue weighted by Gasteiger charge is -2.37. The minimum Gasteiger partial charge on any atom is -0.326 e. The summed E-state index contributed by atoms with van der Waals surface area (Å²) in [4.78, 5) is 0.0950. The summed E-state index contributed by atoms with van der Waals surface area (Å²) in [6.45, 7) is 4.05. The van der Waals surface area contributed by atoms with Gasteiger partial charge < -0.3 is 5.73 Å². The topological polar surface area (TPSA) is 87.2 Å². The van der Waals surface area contributed by atoms with Crippen molar-refractivity contribution in [2.75, 3.05) is 6.54 Å². The van der Waals surface area contributed by atoms with Gasteiger partial charge in [0.25, 0.3) is 0 Å². The van der Waals surface area contributed by atoms with E-state index in [1.807, 2.05) is 13.0 Å². The minimum absolute atomic E-state index is 0.0950. The second kappa shape index (κ2) is 6.14. The molecular weight excluding hydrogens is 286 g/mol. The first-order chi connectivity index (χ1) is 9.89. The van der Waals surface area contributed by atoms with Crippen LogP contribution in [-0.2, 0) is 10.0 Å². The molecule has 1 aromatic rings. The third-order valence-electron chi connectivity index (χ3n) is 4.04. The molecular formula is C15H21N3O2S. The molecule has 0 amide bonds. The van der Waals surface area contributed by atoms with E-state index in [4.69, 9.17) is 5.73 Å². The third-order valence-corrected chi connectivity index (χ3v) is 6.01. The van der Waals surface area contributed by atoms with Gasteiger partial charge in [0.05, 0.1) is 5.56 Å². The van der Waals surface area contributed by atoms with Gasteiger partial charge in [0.1, 0.15) is 11.0 Å². The van der Waals surface area contributed by atoms with Crippen molar-refractivity contribution in [1.29, 1.82) is 5.26 Å². The van der Waals surface area contributed by atoms with Crippen LogP contribution in [0.25, 0.3) is 0 Å². The molecule has 21 heavy (non-hydrogen) atoms. The van der Waals surface area contributed by atoms with Gasteiger partial charge in [0.15, 0.2) is 0 Å². The van der Waals surface area contributed by atoms with Gasteiger partial charge in [-0.15, -0.1) is 0 Å². The van der Waals surface area contributed by atoms with Crippen LogP contribution >= 0.6 is 0 Å². The molecule has 0 saturated carbocycles. The molecule has 0 radical (unpaired) electrons. The summed E-state index contributed by atoms with van der Waals surface area (Å²) in [7, 11) is -3.69. The molecule has 1 saturated heterocycles. The van der Waals surface area contributed by atoms with Crippen molar-refractivity contribution in [2.24, 2.45) is 5.73 Å². The summed E-state index contributed by atoms with van der Waals surface area (Å²) >= 11 is 0. The molecule has 1 aliphatic rings. The molecule has 114 valence electrons. The van der Waals surface area contributed by atoms with Gasteiger partial charge >= 0.3 is 0 Å². The first kappa shape index (κ1) is 16.0. The Morgan fingerprint density at radius 3 is 2.76 bits per heavy atom. The first-order valence-electron chi connectivity index (χ1n) is 7.16. The second-order valence-corrected chi connectivity index (χ2v) is 7.46. The Hall–Kier alpha value is -1.42. The number of aryl methyl sites for hydroxylation is 1. The van der Waals surface area contributed by atoms with Crippen LogP contribution in [0, 0.1) is 18.3 Å². The summed E-state index contributed by atoms with van der Waals surface area (Å²) in [5.41, 5.74) is 6.86. The number of nitrogens with zero attached hydrogens (tertiary/aromatic N) is 2. The summed E-state index contributed by atoms with van der Waals surface area (Å²) in [6, 6.07) is 6.52. The van der Waals surface area contributed by atoms with Gasteiger partial charge in [-0.3, -0.25) is 0 Å². The van der Waals surface area contributed by atoms with Crippen molar-refractivity contribution in [2.45, 2.75) is 50.1 Å². The van der Waals surface area contributed by atoms with Crippen LogP contribution in [0.2, 0.25) is 0 Å². The number of hydrogen-bond acceptors (Lipinski definition) is 4. The summed E-state index contributed by atoms with van der Waals surface area (Å²) < 4.78 is 27.4. The van der Waals surface area contributed by atoms with Crippen LogP contribution in [0.4, 0.5) is 0 Å². The van der Waals surface area contributed by atoms with Gasteiger partial charge in [-0.05, 0) is 38.3 Å². The Morgan fingerprint density at radius 2 is 2.14 bits per heavy atom. The van der Waals surface area contributed by atoms with Crippen molar-refractivity contribution in [3.05, 3.63) is 29.3 Å². The fourth-order valence-corrected chi connectivity index (χ4v) is 4.87. The first-order valence-corrected chi connectivity index (χ1v) is 8.60. The Kier molecular flexibility index (Phi) is 4.67. The predicted octanol–water partition coefficient (Wildman–Crippen LogP) is 1.76. The molecule has 1 aromatic carbocycles. The monoisotopic (exact) mass is 307 g/mol. The molecule has 0 unspecified atom stereocenters. The zero-order valence-corrected chi connectivity index (χ0v) is 13.2. The molecule has 2 N–H and O–H groups in total. The molecule has 1 fully saturated rings. The maximum absolute atomic E-state index is 13.0. The van der Waals surface area contributed by atoms with Crippen LogP contribution < -0.4 is 5.73 Å². The summed E-state index contributed by atoms with van der Waals surface area (Å²) in [5, 5.41) is 9.28. The van der Waals surface area contributed by atoms with E-state index in [-0.39, 0.29) is 22.5 Å². The molecule has 2 rings (SSSR count). The van der Waals surface area contributed by atoms with E-state index < -0.39 is 10.0 Å². The molecule has 1 heterocycles. The lowest BCUT2D eigenvalue weighted by molar-refractivity contribution is 0.227. The molecule has 0 spiro atoms. The molecule has 0 bridgehead atoms. The zero-order chi connectivity index (χ0) is 15.6. The fourth-order valence-electron chi connectivity index (χ4n) is 2.88. The van der Waals surface area contributed by atoms with Gasteiger partial charge in [-0.1, -0.05) is 18.6 Å². The maximum Gasteiger partial charge on any atom is 0.244 e. The highest BCUT2D eigenvalue weighted by molar-refractivity contribution is 7.89. The SMILES string of the molecule is Cc1cccc(S(=O)(=O)N2CCCC[C@@H]2[C@H](C)N)c1C#N. The van der Waals surface area contributed by atoms with E-state index in [0.717, 1.165) is 19.3 Å². The van der Waals surface area contributed by atoms with Crippen LogP contribution in [0.5, 0.6) is 0 Å². The normalized spacial score (nSPS) is 21.7. The Bertz CT molecular complexity index is 662. The Labute approximate surface area is 126 Å². The summed E-state index contributed by atoms with van der Waals surface area (Å²) in [6.07, 6.45) is 2.58. The Balaban J connectivity index is 2.51. The lowest BCUT2D eigenvalue weighted by Crippen LogP contribution is -2.51. The minimum atomic E-state index is -3.69. The van der Waals surface area contributed by atoms with E-state index in [9.17, 15) is 13.7 Å². The highest BCUT2D eigenvalue weighted by Crippen LogP contribution is 2.29. The number of rotatable bonds is 3. The van der Waals surface area contributed by atoms with Crippen LogP contribution in [0.1, 0.15) is 37.3 Å². The van der Waals surface area contributed by atoms with Gasteiger partial charge in [-0.25, -0.2) is 8.42 Å². The van der Waals surface area contributed by atoms with E-state index in [2.05, 4.69) is 0 Å². The molecule has 0 aromatic heterocycles. The number of piperidine rings is 1.